The lowest BCUT2D eigenvalue weighted by Crippen LogP contribution is -2.28. The van der Waals surface area contributed by atoms with E-state index in [0.29, 0.717) is 27.3 Å². The van der Waals surface area contributed by atoms with Crippen LogP contribution in [-0.2, 0) is 11.2 Å². The SMILES string of the molecule is CCOc1ccc(C=C2SC(=S)N(c3ccccc3CC)C2=O)cc1OC. The number of methoxy groups -OCH3 is 1. The molecule has 1 heterocycles. The lowest BCUT2D eigenvalue weighted by molar-refractivity contribution is -0.113. The summed E-state index contributed by atoms with van der Waals surface area (Å²) >= 11 is 6.80. The van der Waals surface area contributed by atoms with Crippen molar-refractivity contribution < 1.29 is 14.3 Å². The van der Waals surface area contributed by atoms with Gasteiger partial charge in [0, 0.05) is 0 Å². The van der Waals surface area contributed by atoms with Crippen LogP contribution >= 0.6 is 24.0 Å². The second-order valence-electron chi connectivity index (χ2n) is 5.84. The number of benzene rings is 2. The summed E-state index contributed by atoms with van der Waals surface area (Å²) < 4.78 is 11.5. The first-order chi connectivity index (χ1) is 13.1. The molecule has 0 radical (unpaired) electrons. The number of hydrogen-bond acceptors (Lipinski definition) is 5. The molecule has 140 valence electrons. The molecule has 0 N–H and O–H groups in total. The second-order valence-corrected chi connectivity index (χ2v) is 7.52. The van der Waals surface area contributed by atoms with Crippen molar-refractivity contribution in [2.24, 2.45) is 0 Å². The number of aryl methyl sites for hydroxylation is 1. The molecule has 0 unspecified atom stereocenters. The van der Waals surface area contributed by atoms with Gasteiger partial charge in [-0.15, -0.1) is 0 Å². The van der Waals surface area contributed by atoms with Crippen molar-refractivity contribution in [1.29, 1.82) is 0 Å². The number of ether oxygens (including phenoxy) is 2. The van der Waals surface area contributed by atoms with Gasteiger partial charge in [0.2, 0.25) is 0 Å². The first kappa shape index (κ1) is 19.5. The zero-order valence-electron chi connectivity index (χ0n) is 15.5. The third-order valence-electron chi connectivity index (χ3n) is 4.19. The highest BCUT2D eigenvalue weighted by atomic mass is 32.2. The number of nitrogens with zero attached hydrogens (tertiary/aromatic N) is 1. The molecule has 6 heteroatoms. The van der Waals surface area contributed by atoms with Crippen LogP contribution in [0.3, 0.4) is 0 Å². The van der Waals surface area contributed by atoms with E-state index < -0.39 is 0 Å². The van der Waals surface area contributed by atoms with E-state index in [1.54, 1.807) is 12.0 Å². The predicted molar refractivity (Wildman–Crippen MR) is 116 cm³/mol. The Balaban J connectivity index is 1.93. The molecule has 4 nitrogen and oxygen atoms in total. The zero-order valence-corrected chi connectivity index (χ0v) is 17.2. The van der Waals surface area contributed by atoms with Gasteiger partial charge in [0.1, 0.15) is 0 Å². The number of thioether (sulfide) groups is 1. The highest BCUT2D eigenvalue weighted by molar-refractivity contribution is 8.27. The molecule has 1 saturated heterocycles. The van der Waals surface area contributed by atoms with Gasteiger partial charge in [-0.1, -0.05) is 55.2 Å². The fourth-order valence-electron chi connectivity index (χ4n) is 2.90. The summed E-state index contributed by atoms with van der Waals surface area (Å²) in [7, 11) is 1.60. The molecule has 0 bridgehead atoms. The van der Waals surface area contributed by atoms with E-state index in [2.05, 4.69) is 6.92 Å². The fraction of sp³-hybridized carbons (Fsp3) is 0.238. The summed E-state index contributed by atoms with van der Waals surface area (Å²) in [5.74, 6) is 1.22. The van der Waals surface area contributed by atoms with Gasteiger partial charge in [0.25, 0.3) is 5.91 Å². The Morgan fingerprint density at radius 2 is 1.93 bits per heavy atom. The molecule has 0 aliphatic carbocycles. The van der Waals surface area contributed by atoms with Crippen LogP contribution in [0.15, 0.2) is 47.4 Å². The highest BCUT2D eigenvalue weighted by Gasteiger charge is 2.34. The van der Waals surface area contributed by atoms with Crippen molar-refractivity contribution in [2.75, 3.05) is 18.6 Å². The van der Waals surface area contributed by atoms with E-state index in [0.717, 1.165) is 23.2 Å². The highest BCUT2D eigenvalue weighted by Crippen LogP contribution is 2.38. The lowest BCUT2D eigenvalue weighted by atomic mass is 10.1. The molecule has 1 amide bonds. The topological polar surface area (TPSA) is 38.8 Å². The molecular weight excluding hydrogens is 378 g/mol. The second kappa shape index (κ2) is 8.59. The minimum Gasteiger partial charge on any atom is -0.493 e. The fourth-order valence-corrected chi connectivity index (χ4v) is 4.19. The van der Waals surface area contributed by atoms with Gasteiger partial charge < -0.3 is 9.47 Å². The van der Waals surface area contributed by atoms with Crippen LogP contribution in [0, 0.1) is 0 Å². The molecule has 1 aliphatic rings. The van der Waals surface area contributed by atoms with Crippen LogP contribution in [0.4, 0.5) is 5.69 Å². The third kappa shape index (κ3) is 4.01. The van der Waals surface area contributed by atoms with Crippen LogP contribution < -0.4 is 14.4 Å². The summed E-state index contributed by atoms with van der Waals surface area (Å²) in [5.41, 5.74) is 2.81. The first-order valence-corrected chi connectivity index (χ1v) is 9.98. The molecule has 1 fully saturated rings. The summed E-state index contributed by atoms with van der Waals surface area (Å²) in [6.45, 7) is 4.55. The van der Waals surface area contributed by atoms with Crippen LogP contribution in [0.25, 0.3) is 6.08 Å². The zero-order chi connectivity index (χ0) is 19.4. The monoisotopic (exact) mass is 399 g/mol. The van der Waals surface area contributed by atoms with Gasteiger partial charge in [-0.3, -0.25) is 9.69 Å². The molecule has 0 saturated carbocycles. The molecule has 0 spiro atoms. The number of para-hydroxylation sites is 1. The van der Waals surface area contributed by atoms with E-state index in [4.69, 9.17) is 21.7 Å². The number of thiocarbonyl (C=S) groups is 1. The number of anilines is 1. The van der Waals surface area contributed by atoms with E-state index in [1.165, 1.54) is 11.8 Å². The van der Waals surface area contributed by atoms with Gasteiger partial charge in [0.05, 0.1) is 24.3 Å². The quantitative estimate of drug-likeness (QED) is 0.501. The molecule has 2 aromatic rings. The molecule has 27 heavy (non-hydrogen) atoms. The molecule has 0 aromatic heterocycles. The molecular formula is C21H21NO3S2. The van der Waals surface area contributed by atoms with Gasteiger partial charge in [-0.05, 0) is 48.7 Å². The maximum absolute atomic E-state index is 13.0. The molecule has 0 atom stereocenters. The third-order valence-corrected chi connectivity index (χ3v) is 5.49. The normalized spacial score (nSPS) is 15.5. The van der Waals surface area contributed by atoms with Crippen molar-refractivity contribution in [3.05, 3.63) is 58.5 Å². The van der Waals surface area contributed by atoms with Crippen LogP contribution in [0.2, 0.25) is 0 Å². The number of carbonyl (C=O) groups is 1. The van der Waals surface area contributed by atoms with Gasteiger partial charge >= 0.3 is 0 Å². The predicted octanol–water partition coefficient (Wildman–Crippen LogP) is 5.06. The largest absolute Gasteiger partial charge is 0.493 e. The van der Waals surface area contributed by atoms with Crippen LogP contribution in [-0.4, -0.2) is 23.9 Å². The van der Waals surface area contributed by atoms with Crippen LogP contribution in [0.1, 0.15) is 25.0 Å². The van der Waals surface area contributed by atoms with Crippen molar-refractivity contribution in [1.82, 2.24) is 0 Å². The number of amides is 1. The maximum Gasteiger partial charge on any atom is 0.270 e. The average Bonchev–Trinajstić information content (AvgIpc) is 2.96. The number of rotatable bonds is 6. The van der Waals surface area contributed by atoms with E-state index in [1.807, 2.05) is 55.5 Å². The van der Waals surface area contributed by atoms with Gasteiger partial charge in [-0.2, -0.15) is 0 Å². The molecule has 3 rings (SSSR count). The van der Waals surface area contributed by atoms with Gasteiger partial charge in [0.15, 0.2) is 15.8 Å². The van der Waals surface area contributed by atoms with E-state index in [9.17, 15) is 4.79 Å². The van der Waals surface area contributed by atoms with Crippen LogP contribution in [0.5, 0.6) is 11.5 Å². The van der Waals surface area contributed by atoms with Crippen molar-refractivity contribution in [3.63, 3.8) is 0 Å². The Bertz CT molecular complexity index is 908. The van der Waals surface area contributed by atoms with Crippen molar-refractivity contribution in [3.8, 4) is 11.5 Å². The number of carbonyl (C=O) groups excluding carboxylic acids is 1. The average molecular weight is 400 g/mol. The molecule has 2 aromatic carbocycles. The number of hydrogen-bond donors (Lipinski definition) is 0. The van der Waals surface area contributed by atoms with Crippen molar-refractivity contribution in [2.45, 2.75) is 20.3 Å². The van der Waals surface area contributed by atoms with Crippen molar-refractivity contribution >= 4 is 46.0 Å². The summed E-state index contributed by atoms with van der Waals surface area (Å²) in [4.78, 5) is 15.2. The minimum absolute atomic E-state index is 0.0984. The van der Waals surface area contributed by atoms with E-state index >= 15 is 0 Å². The Morgan fingerprint density at radius 1 is 1.15 bits per heavy atom. The van der Waals surface area contributed by atoms with E-state index in [-0.39, 0.29) is 5.91 Å². The van der Waals surface area contributed by atoms with Gasteiger partial charge in [-0.25, -0.2) is 0 Å². The summed E-state index contributed by atoms with van der Waals surface area (Å²) in [5, 5.41) is 0. The first-order valence-electron chi connectivity index (χ1n) is 8.75. The smallest absolute Gasteiger partial charge is 0.270 e. The Labute approximate surface area is 169 Å². The lowest BCUT2D eigenvalue weighted by Gasteiger charge is -2.18. The summed E-state index contributed by atoms with van der Waals surface area (Å²) in [6.07, 6.45) is 2.68. The standard InChI is InChI=1S/C21H21NO3S2/c1-4-15-8-6-7-9-16(15)22-20(23)19(27-21(22)26)13-14-10-11-17(25-5-2)18(12-14)24-3/h6-13H,4-5H2,1-3H3. The Morgan fingerprint density at radius 3 is 2.63 bits per heavy atom. The summed E-state index contributed by atoms with van der Waals surface area (Å²) in [6, 6.07) is 13.5. The molecule has 1 aliphatic heterocycles. The maximum atomic E-state index is 13.0. The Hall–Kier alpha value is -2.31. The Kier molecular flexibility index (Phi) is 6.19. The minimum atomic E-state index is -0.0984.